The number of nitrogens with zero attached hydrogens (tertiary/aromatic N) is 2. The SMILES string of the molecule is CN1Cc2cc(C3(N4CCOCC4)CC3)ccc2C(c2ccc3[nH]ccc3c2)C1. The fourth-order valence-corrected chi connectivity index (χ4v) is 5.61. The van der Waals surface area contributed by atoms with Crippen molar-refractivity contribution in [2.24, 2.45) is 0 Å². The molecule has 0 bridgehead atoms. The van der Waals surface area contributed by atoms with E-state index in [1.807, 2.05) is 6.20 Å². The van der Waals surface area contributed by atoms with E-state index >= 15 is 0 Å². The highest BCUT2D eigenvalue weighted by Crippen LogP contribution is 2.52. The van der Waals surface area contributed by atoms with Crippen LogP contribution in [-0.4, -0.2) is 54.7 Å². The number of likely N-dealkylation sites (N-methyl/N-ethyl adjacent to an activating group) is 1. The summed E-state index contributed by atoms with van der Waals surface area (Å²) in [6.07, 6.45) is 4.60. The number of aromatic nitrogens is 1. The quantitative estimate of drug-likeness (QED) is 0.735. The molecule has 1 saturated heterocycles. The van der Waals surface area contributed by atoms with Crippen LogP contribution in [0.3, 0.4) is 0 Å². The van der Waals surface area contributed by atoms with E-state index in [1.165, 1.54) is 46.0 Å². The molecule has 4 nitrogen and oxygen atoms in total. The molecule has 3 heterocycles. The van der Waals surface area contributed by atoms with E-state index in [-0.39, 0.29) is 5.54 Å². The Morgan fingerprint density at radius 3 is 2.72 bits per heavy atom. The van der Waals surface area contributed by atoms with Crippen LogP contribution in [0.25, 0.3) is 10.9 Å². The minimum Gasteiger partial charge on any atom is -0.379 e. The van der Waals surface area contributed by atoms with Crippen molar-refractivity contribution in [2.75, 3.05) is 39.9 Å². The van der Waals surface area contributed by atoms with Gasteiger partial charge in [-0.2, -0.15) is 0 Å². The molecule has 1 saturated carbocycles. The number of morpholine rings is 1. The fourth-order valence-electron chi connectivity index (χ4n) is 5.61. The molecule has 0 amide bonds. The first-order valence-electron chi connectivity index (χ1n) is 10.9. The maximum atomic E-state index is 5.60. The van der Waals surface area contributed by atoms with Gasteiger partial charge < -0.3 is 14.6 Å². The van der Waals surface area contributed by atoms with E-state index in [0.717, 1.165) is 39.4 Å². The van der Waals surface area contributed by atoms with E-state index in [1.54, 1.807) is 0 Å². The molecule has 1 aliphatic carbocycles. The first kappa shape index (κ1) is 17.7. The third-order valence-corrected chi connectivity index (χ3v) is 7.31. The van der Waals surface area contributed by atoms with Gasteiger partial charge in [0.2, 0.25) is 0 Å². The van der Waals surface area contributed by atoms with Crippen LogP contribution < -0.4 is 0 Å². The first-order chi connectivity index (χ1) is 14.2. The zero-order valence-corrected chi connectivity index (χ0v) is 17.2. The van der Waals surface area contributed by atoms with Gasteiger partial charge in [-0.3, -0.25) is 4.90 Å². The predicted octanol–water partition coefficient (Wildman–Crippen LogP) is 4.07. The summed E-state index contributed by atoms with van der Waals surface area (Å²) in [5.41, 5.74) is 7.46. The Bertz CT molecular complexity index is 1050. The highest BCUT2D eigenvalue weighted by atomic mass is 16.5. The second-order valence-electron chi connectivity index (χ2n) is 9.12. The molecule has 2 fully saturated rings. The zero-order chi connectivity index (χ0) is 19.4. The van der Waals surface area contributed by atoms with Crippen molar-refractivity contribution in [3.05, 3.63) is 70.9 Å². The van der Waals surface area contributed by atoms with Gasteiger partial charge in [0.1, 0.15) is 0 Å². The maximum Gasteiger partial charge on any atom is 0.0594 e. The van der Waals surface area contributed by atoms with Crippen molar-refractivity contribution in [1.29, 1.82) is 0 Å². The van der Waals surface area contributed by atoms with Gasteiger partial charge in [0.25, 0.3) is 0 Å². The van der Waals surface area contributed by atoms with Gasteiger partial charge in [-0.15, -0.1) is 0 Å². The Hall–Kier alpha value is -2.14. The lowest BCUT2D eigenvalue weighted by Crippen LogP contribution is -2.43. The van der Waals surface area contributed by atoms with Gasteiger partial charge in [-0.1, -0.05) is 24.3 Å². The number of fused-ring (bicyclic) bond motifs is 2. The Morgan fingerprint density at radius 2 is 1.90 bits per heavy atom. The first-order valence-corrected chi connectivity index (χ1v) is 10.9. The number of ether oxygens (including phenoxy) is 1. The smallest absolute Gasteiger partial charge is 0.0594 e. The minimum absolute atomic E-state index is 0.272. The number of hydrogen-bond acceptors (Lipinski definition) is 3. The van der Waals surface area contributed by atoms with E-state index < -0.39 is 0 Å². The maximum absolute atomic E-state index is 5.60. The Labute approximate surface area is 172 Å². The molecule has 3 aliphatic rings. The molecular formula is C25H29N3O. The second-order valence-corrected chi connectivity index (χ2v) is 9.12. The van der Waals surface area contributed by atoms with Crippen LogP contribution in [0.5, 0.6) is 0 Å². The standard InChI is InChI=1S/C25H29N3O/c1-27-16-20-15-21(25(7-8-25)28-10-12-29-13-11-28)3-4-22(20)23(17-27)18-2-5-24-19(14-18)6-9-26-24/h2-6,9,14-15,23,26H,7-8,10-13,16-17H2,1H3. The lowest BCUT2D eigenvalue weighted by molar-refractivity contribution is 0.00831. The molecule has 0 radical (unpaired) electrons. The predicted molar refractivity (Wildman–Crippen MR) is 116 cm³/mol. The van der Waals surface area contributed by atoms with Crippen molar-refractivity contribution < 1.29 is 4.74 Å². The summed E-state index contributed by atoms with van der Waals surface area (Å²) in [6, 6.07) is 16.5. The van der Waals surface area contributed by atoms with Crippen molar-refractivity contribution >= 4 is 10.9 Å². The van der Waals surface area contributed by atoms with Crippen LogP contribution in [0.4, 0.5) is 0 Å². The second kappa shape index (κ2) is 6.69. The molecule has 1 N–H and O–H groups in total. The molecule has 29 heavy (non-hydrogen) atoms. The van der Waals surface area contributed by atoms with E-state index in [4.69, 9.17) is 4.74 Å². The zero-order valence-electron chi connectivity index (χ0n) is 17.2. The molecule has 1 atom stereocenters. The van der Waals surface area contributed by atoms with Crippen LogP contribution in [0.1, 0.15) is 41.0 Å². The summed E-state index contributed by atoms with van der Waals surface area (Å²) < 4.78 is 5.60. The van der Waals surface area contributed by atoms with Crippen LogP contribution in [0.15, 0.2) is 48.7 Å². The van der Waals surface area contributed by atoms with Crippen LogP contribution in [-0.2, 0) is 16.8 Å². The number of H-pyrrole nitrogens is 1. The lowest BCUT2D eigenvalue weighted by Gasteiger charge is -2.37. The molecule has 6 rings (SSSR count). The molecule has 0 spiro atoms. The number of rotatable bonds is 3. The summed E-state index contributed by atoms with van der Waals surface area (Å²) in [4.78, 5) is 8.46. The summed E-state index contributed by atoms with van der Waals surface area (Å²) in [5, 5.41) is 1.30. The van der Waals surface area contributed by atoms with Gasteiger partial charge in [-0.05, 0) is 65.7 Å². The van der Waals surface area contributed by atoms with Crippen molar-refractivity contribution in [2.45, 2.75) is 30.8 Å². The van der Waals surface area contributed by atoms with Gasteiger partial charge in [0.15, 0.2) is 0 Å². The highest BCUT2D eigenvalue weighted by Gasteiger charge is 2.49. The number of hydrogen-bond donors (Lipinski definition) is 1. The Morgan fingerprint density at radius 1 is 1.03 bits per heavy atom. The average Bonchev–Trinajstić information content (AvgIpc) is 3.44. The van der Waals surface area contributed by atoms with Crippen LogP contribution in [0.2, 0.25) is 0 Å². The van der Waals surface area contributed by atoms with Crippen LogP contribution in [0, 0.1) is 0 Å². The molecule has 3 aromatic rings. The van der Waals surface area contributed by atoms with E-state index in [0.29, 0.717) is 5.92 Å². The molecule has 150 valence electrons. The van der Waals surface area contributed by atoms with Gasteiger partial charge in [0, 0.05) is 49.3 Å². The average molecular weight is 388 g/mol. The molecule has 2 aliphatic heterocycles. The monoisotopic (exact) mass is 387 g/mol. The van der Waals surface area contributed by atoms with Gasteiger partial charge in [0.05, 0.1) is 13.2 Å². The van der Waals surface area contributed by atoms with Crippen molar-refractivity contribution in [3.8, 4) is 0 Å². The summed E-state index contributed by atoms with van der Waals surface area (Å²) in [6.45, 7) is 6.01. The van der Waals surface area contributed by atoms with Crippen LogP contribution >= 0.6 is 0 Å². The summed E-state index contributed by atoms with van der Waals surface area (Å²) in [5.74, 6) is 0.440. The normalized spacial score (nSPS) is 24.5. The molecular weight excluding hydrogens is 358 g/mol. The number of aromatic amines is 1. The third kappa shape index (κ3) is 2.93. The van der Waals surface area contributed by atoms with Crippen molar-refractivity contribution in [3.63, 3.8) is 0 Å². The van der Waals surface area contributed by atoms with E-state index in [2.05, 4.69) is 64.3 Å². The molecule has 4 heteroatoms. The van der Waals surface area contributed by atoms with Gasteiger partial charge >= 0.3 is 0 Å². The Kier molecular flexibility index (Phi) is 4.09. The topological polar surface area (TPSA) is 31.5 Å². The minimum atomic E-state index is 0.272. The fraction of sp³-hybridized carbons (Fsp3) is 0.440. The largest absolute Gasteiger partial charge is 0.379 e. The summed E-state index contributed by atoms with van der Waals surface area (Å²) in [7, 11) is 2.26. The van der Waals surface area contributed by atoms with Gasteiger partial charge in [-0.25, -0.2) is 0 Å². The Balaban J connectivity index is 1.37. The lowest BCUT2D eigenvalue weighted by atomic mass is 9.83. The summed E-state index contributed by atoms with van der Waals surface area (Å²) >= 11 is 0. The third-order valence-electron chi connectivity index (χ3n) is 7.31. The molecule has 2 aromatic carbocycles. The van der Waals surface area contributed by atoms with E-state index in [9.17, 15) is 0 Å². The highest BCUT2D eigenvalue weighted by molar-refractivity contribution is 5.80. The number of nitrogens with one attached hydrogen (secondary N) is 1. The number of benzene rings is 2. The molecule has 1 aromatic heterocycles. The van der Waals surface area contributed by atoms with Crippen molar-refractivity contribution in [1.82, 2.24) is 14.8 Å². The molecule has 1 unspecified atom stereocenters.